The lowest BCUT2D eigenvalue weighted by Crippen LogP contribution is -2.41. The van der Waals surface area contributed by atoms with Crippen LogP contribution in [0.25, 0.3) is 0 Å². The molecule has 0 aromatic carbocycles. The fourth-order valence-electron chi connectivity index (χ4n) is 9.32. The van der Waals surface area contributed by atoms with Crippen molar-refractivity contribution in [1.29, 1.82) is 0 Å². The van der Waals surface area contributed by atoms with Crippen LogP contribution < -0.4 is 29.9 Å². The minimum atomic E-state index is -0.209. The summed E-state index contributed by atoms with van der Waals surface area (Å²) in [6, 6.07) is 4.56. The molecule has 0 bridgehead atoms. The van der Waals surface area contributed by atoms with Crippen LogP contribution in [0.4, 0.5) is 32.6 Å². The summed E-state index contributed by atoms with van der Waals surface area (Å²) in [6.45, 7) is 14.3. The van der Waals surface area contributed by atoms with Crippen LogP contribution in [0.5, 0.6) is 11.5 Å². The number of aliphatic hydroxyl groups excluding tert-OH is 1. The van der Waals surface area contributed by atoms with Gasteiger partial charge in [-0.15, -0.1) is 0 Å². The summed E-state index contributed by atoms with van der Waals surface area (Å²) < 4.78 is 15.4. The molecule has 358 valence electrons. The van der Waals surface area contributed by atoms with Crippen molar-refractivity contribution in [3.8, 4) is 11.5 Å². The molecule has 8 rings (SSSR count). The van der Waals surface area contributed by atoms with E-state index in [1.165, 1.54) is 43.5 Å². The maximum absolute atomic E-state index is 12.3. The van der Waals surface area contributed by atoms with Crippen LogP contribution in [0.2, 0.25) is 0 Å². The van der Waals surface area contributed by atoms with Gasteiger partial charge in [-0.2, -0.15) is 10.2 Å². The molecule has 4 amide bonds. The smallest absolute Gasteiger partial charge is 0.317 e. The zero-order chi connectivity index (χ0) is 47.4. The molecule has 2 aliphatic carbocycles. The average molecular weight is 901 g/mol. The lowest BCUT2D eigenvalue weighted by molar-refractivity contribution is 0.107. The molecule has 0 saturated heterocycles. The van der Waals surface area contributed by atoms with Crippen molar-refractivity contribution in [2.75, 3.05) is 65.3 Å². The van der Waals surface area contributed by atoms with Gasteiger partial charge in [0.2, 0.25) is 0 Å². The second kappa shape index (κ2) is 23.6. The van der Waals surface area contributed by atoms with E-state index < -0.39 is 0 Å². The Morgan fingerprint density at radius 3 is 1.45 bits per heavy atom. The van der Waals surface area contributed by atoms with E-state index in [2.05, 4.69) is 34.9 Å². The molecule has 0 spiro atoms. The van der Waals surface area contributed by atoms with Crippen molar-refractivity contribution in [2.45, 2.75) is 143 Å². The van der Waals surface area contributed by atoms with E-state index in [-0.39, 0.29) is 24.2 Å². The molecule has 2 saturated carbocycles. The minimum Gasteiger partial charge on any atom is -0.495 e. The number of amides is 4. The van der Waals surface area contributed by atoms with Gasteiger partial charge in [0.25, 0.3) is 0 Å². The van der Waals surface area contributed by atoms with E-state index in [4.69, 9.17) is 19.7 Å². The van der Waals surface area contributed by atoms with E-state index in [0.717, 1.165) is 95.5 Å². The number of ether oxygens (including phenoxy) is 2. The van der Waals surface area contributed by atoms with Crippen molar-refractivity contribution < 1.29 is 24.2 Å². The standard InChI is InChI=1S/C22H32N6O3.C22H32N6O2.2C2H6/c1-14-20(31-4)11-16(12-24-14)26(3)21-18-13-27(22(30)23-2)10-9-19(18)28(25-21)15-5-7-17(29)8-6-15;1-15-20(30-4)12-17(13-24-15)26(3)21-18-14-27(22(29)23-2)11-10-19(18)28(25-21)16-8-6-5-7-9-16;2*1-2/h11-12,15,17,29H,5-10,13H2,1-4H3,(H,23,30);12-13,16H,5-11,14H2,1-4H3,(H,23,29);2*1-2H3. The molecule has 3 N–H and O–H groups in total. The van der Waals surface area contributed by atoms with Crippen molar-refractivity contribution >= 4 is 35.1 Å². The molecule has 17 heteroatoms. The molecular formula is C48H76N12O5. The van der Waals surface area contributed by atoms with Gasteiger partial charge in [0.15, 0.2) is 11.6 Å². The SMILES string of the molecule is CC.CC.CNC(=O)N1CCc2c(c(N(C)c3cnc(C)c(OC)c3)nn2C2CCC(O)CC2)C1.CNC(=O)N1CCc2c(c(N(C)c3cnc(C)c(OC)c3)nn2C2CCCCC2)C1. The van der Waals surface area contributed by atoms with Crippen molar-refractivity contribution in [1.82, 2.24) is 50.0 Å². The zero-order valence-electron chi connectivity index (χ0n) is 41.2. The molecule has 17 nitrogen and oxygen atoms in total. The first-order valence-corrected chi connectivity index (χ1v) is 23.8. The molecular weight excluding hydrogens is 825 g/mol. The third kappa shape index (κ3) is 11.3. The van der Waals surface area contributed by atoms with E-state index >= 15 is 0 Å². The highest BCUT2D eigenvalue weighted by Gasteiger charge is 2.34. The largest absolute Gasteiger partial charge is 0.495 e. The van der Waals surface area contributed by atoms with Gasteiger partial charge in [-0.05, 0) is 52.4 Å². The Kier molecular flexibility index (Phi) is 18.3. The minimum absolute atomic E-state index is 0.0432. The van der Waals surface area contributed by atoms with Crippen LogP contribution in [-0.2, 0) is 25.9 Å². The summed E-state index contributed by atoms with van der Waals surface area (Å²) >= 11 is 0. The first-order valence-electron chi connectivity index (χ1n) is 23.8. The number of nitrogens with one attached hydrogen (secondary N) is 2. The summed E-state index contributed by atoms with van der Waals surface area (Å²) in [5.41, 5.74) is 8.16. The molecule has 0 radical (unpaired) electrons. The van der Waals surface area contributed by atoms with Crippen LogP contribution in [-0.4, -0.2) is 118 Å². The van der Waals surface area contributed by atoms with E-state index in [1.54, 1.807) is 28.3 Å². The number of fused-ring (bicyclic) bond motifs is 2. The first kappa shape index (κ1) is 50.4. The molecule has 4 aromatic rings. The molecule has 65 heavy (non-hydrogen) atoms. The normalized spacial score (nSPS) is 17.9. The van der Waals surface area contributed by atoms with Gasteiger partial charge < -0.3 is 44.8 Å². The highest BCUT2D eigenvalue weighted by atomic mass is 16.5. The molecule has 4 aliphatic rings. The second-order valence-electron chi connectivity index (χ2n) is 16.7. The van der Waals surface area contributed by atoms with Gasteiger partial charge in [0.1, 0.15) is 11.5 Å². The third-order valence-corrected chi connectivity index (χ3v) is 13.0. The van der Waals surface area contributed by atoms with E-state index in [9.17, 15) is 14.7 Å². The van der Waals surface area contributed by atoms with E-state index in [1.807, 2.05) is 94.9 Å². The van der Waals surface area contributed by atoms with E-state index in [0.29, 0.717) is 32.2 Å². The molecule has 4 aromatic heterocycles. The van der Waals surface area contributed by atoms with Gasteiger partial charge in [-0.1, -0.05) is 47.0 Å². The van der Waals surface area contributed by atoms with Gasteiger partial charge >= 0.3 is 12.1 Å². The second-order valence-corrected chi connectivity index (χ2v) is 16.7. The molecule has 6 heterocycles. The summed E-state index contributed by atoms with van der Waals surface area (Å²) in [5.74, 6) is 3.22. The van der Waals surface area contributed by atoms with Crippen LogP contribution in [0.15, 0.2) is 24.5 Å². The topological polar surface area (TPSA) is 171 Å². The number of nitrogens with zero attached hydrogens (tertiary/aromatic N) is 10. The number of aromatic nitrogens is 6. The zero-order valence-corrected chi connectivity index (χ0v) is 41.2. The number of rotatable bonds is 8. The fraction of sp³-hybridized carbons (Fsp3) is 0.625. The summed E-state index contributed by atoms with van der Waals surface area (Å²) in [6.07, 6.45) is 14.7. The average Bonchev–Trinajstić information content (AvgIpc) is 3.94. The number of pyridine rings is 2. The Morgan fingerprint density at radius 2 is 1.06 bits per heavy atom. The molecule has 2 aliphatic heterocycles. The van der Waals surface area contributed by atoms with Crippen LogP contribution >= 0.6 is 0 Å². The van der Waals surface area contributed by atoms with Crippen LogP contribution in [0, 0.1) is 13.8 Å². The Labute approximate surface area is 386 Å². The van der Waals surface area contributed by atoms with Gasteiger partial charge in [0, 0.05) is 88.8 Å². The number of aliphatic hydroxyl groups is 1. The van der Waals surface area contributed by atoms with Crippen LogP contribution in [0.1, 0.15) is 131 Å². The number of aryl methyl sites for hydroxylation is 2. The Bertz CT molecular complexity index is 2170. The number of methoxy groups -OCH3 is 2. The van der Waals surface area contributed by atoms with Crippen molar-refractivity contribution in [3.63, 3.8) is 0 Å². The lowest BCUT2D eigenvalue weighted by atomic mass is 9.93. The number of carbonyl (C=O) groups is 2. The molecule has 2 fully saturated rings. The Morgan fingerprint density at radius 1 is 0.662 bits per heavy atom. The summed E-state index contributed by atoms with van der Waals surface area (Å²) in [5, 5.41) is 25.6. The van der Waals surface area contributed by atoms with Crippen LogP contribution in [0.3, 0.4) is 0 Å². The maximum Gasteiger partial charge on any atom is 0.317 e. The fourth-order valence-corrected chi connectivity index (χ4v) is 9.32. The number of hydrogen-bond donors (Lipinski definition) is 3. The molecule has 0 atom stereocenters. The van der Waals surface area contributed by atoms with Crippen molar-refractivity contribution in [2.24, 2.45) is 0 Å². The summed E-state index contributed by atoms with van der Waals surface area (Å²) in [4.78, 5) is 41.3. The lowest BCUT2D eigenvalue weighted by Gasteiger charge is -2.30. The maximum atomic E-state index is 12.3. The van der Waals surface area contributed by atoms with Gasteiger partial charge in [-0.3, -0.25) is 19.3 Å². The quantitative estimate of drug-likeness (QED) is 0.156. The van der Waals surface area contributed by atoms with Crippen molar-refractivity contribution in [3.05, 3.63) is 58.4 Å². The molecule has 0 unspecified atom stereocenters. The predicted molar refractivity (Wildman–Crippen MR) is 257 cm³/mol. The van der Waals surface area contributed by atoms with Gasteiger partial charge in [0.05, 0.1) is 80.7 Å². The highest BCUT2D eigenvalue weighted by Crippen LogP contribution is 2.40. The number of urea groups is 2. The number of hydrogen-bond acceptors (Lipinski definition) is 11. The highest BCUT2D eigenvalue weighted by molar-refractivity contribution is 5.76. The number of carbonyl (C=O) groups excluding carboxylic acids is 2. The number of anilines is 4. The third-order valence-electron chi connectivity index (χ3n) is 13.0. The Balaban J connectivity index is 0.000000227. The predicted octanol–water partition coefficient (Wildman–Crippen LogP) is 8.15. The summed E-state index contributed by atoms with van der Waals surface area (Å²) in [7, 11) is 10.6. The van der Waals surface area contributed by atoms with Gasteiger partial charge in [-0.25, -0.2) is 9.59 Å². The monoisotopic (exact) mass is 901 g/mol. The first-order chi connectivity index (χ1) is 31.5. The Hall–Kier alpha value is -5.58.